The quantitative estimate of drug-likeness (QED) is 0.798. The van der Waals surface area contributed by atoms with Gasteiger partial charge in [0.15, 0.2) is 6.10 Å². The van der Waals surface area contributed by atoms with Crippen LogP contribution >= 0.6 is 0 Å². The number of nitrogens with one attached hydrogen (secondary N) is 1. The minimum atomic E-state index is -0.424. The lowest BCUT2D eigenvalue weighted by atomic mass is 9.92. The zero-order valence-electron chi connectivity index (χ0n) is 15.9. The van der Waals surface area contributed by atoms with E-state index in [9.17, 15) is 4.79 Å². The van der Waals surface area contributed by atoms with Crippen molar-refractivity contribution < 1.29 is 9.53 Å². The Balaban J connectivity index is 2.04. The molecule has 0 spiro atoms. The molecular formula is C21H33NO2. The van der Waals surface area contributed by atoms with E-state index in [4.69, 9.17) is 4.74 Å². The maximum absolute atomic E-state index is 12.7. The van der Waals surface area contributed by atoms with E-state index in [1.807, 2.05) is 13.0 Å². The Morgan fingerprint density at radius 2 is 1.71 bits per heavy atom. The molecule has 2 rings (SSSR count). The summed E-state index contributed by atoms with van der Waals surface area (Å²) in [5, 5.41) is 3.19. The predicted molar refractivity (Wildman–Crippen MR) is 99.4 cm³/mol. The fraction of sp³-hybridized carbons (Fsp3) is 0.667. The number of aryl methyl sites for hydroxylation is 2. The molecule has 1 unspecified atom stereocenters. The van der Waals surface area contributed by atoms with E-state index in [2.05, 4.69) is 45.1 Å². The van der Waals surface area contributed by atoms with Crippen LogP contribution < -0.4 is 10.1 Å². The van der Waals surface area contributed by atoms with Crippen LogP contribution in [0.25, 0.3) is 0 Å². The van der Waals surface area contributed by atoms with Gasteiger partial charge in [-0.05, 0) is 67.2 Å². The zero-order chi connectivity index (χ0) is 17.7. The number of amides is 1. The molecule has 1 aromatic carbocycles. The fourth-order valence-electron chi connectivity index (χ4n) is 3.63. The zero-order valence-corrected chi connectivity index (χ0v) is 15.9. The van der Waals surface area contributed by atoms with Gasteiger partial charge in [0.25, 0.3) is 5.91 Å². The predicted octanol–water partition coefficient (Wildman–Crippen LogP) is 4.52. The molecule has 0 bridgehead atoms. The highest BCUT2D eigenvalue weighted by atomic mass is 16.5. The lowest BCUT2D eigenvalue weighted by Crippen LogP contribution is -2.48. The van der Waals surface area contributed by atoms with Crippen molar-refractivity contribution in [2.75, 3.05) is 0 Å². The van der Waals surface area contributed by atoms with Gasteiger partial charge >= 0.3 is 0 Å². The van der Waals surface area contributed by atoms with E-state index in [1.54, 1.807) is 0 Å². The van der Waals surface area contributed by atoms with E-state index >= 15 is 0 Å². The highest BCUT2D eigenvalue weighted by Crippen LogP contribution is 2.26. The minimum absolute atomic E-state index is 0.00243. The van der Waals surface area contributed by atoms with Gasteiger partial charge in [0.1, 0.15) is 5.75 Å². The Morgan fingerprint density at radius 3 is 2.29 bits per heavy atom. The molecule has 0 heterocycles. The highest BCUT2D eigenvalue weighted by molar-refractivity contribution is 5.81. The second-order valence-electron chi connectivity index (χ2n) is 7.67. The fourth-order valence-corrected chi connectivity index (χ4v) is 3.63. The maximum atomic E-state index is 12.7. The molecule has 3 nitrogen and oxygen atoms in total. The Labute approximate surface area is 147 Å². The number of carbonyl (C=O) groups is 1. The van der Waals surface area contributed by atoms with Gasteiger partial charge in [0.2, 0.25) is 0 Å². The monoisotopic (exact) mass is 331 g/mol. The van der Waals surface area contributed by atoms with Crippen LogP contribution in [-0.4, -0.2) is 18.1 Å². The summed E-state index contributed by atoms with van der Waals surface area (Å²) in [6.45, 7) is 10.6. The largest absolute Gasteiger partial charge is 0.481 e. The Morgan fingerprint density at radius 1 is 1.08 bits per heavy atom. The second kappa shape index (κ2) is 8.55. The Bertz CT molecular complexity index is 543. The molecule has 1 amide bonds. The van der Waals surface area contributed by atoms with Crippen LogP contribution in [0.4, 0.5) is 0 Å². The van der Waals surface area contributed by atoms with E-state index < -0.39 is 6.10 Å². The molecule has 0 saturated heterocycles. The first kappa shape index (κ1) is 18.8. The third kappa shape index (κ3) is 4.75. The van der Waals surface area contributed by atoms with Gasteiger partial charge in [0, 0.05) is 6.04 Å². The molecule has 0 aliphatic heterocycles. The van der Waals surface area contributed by atoms with E-state index in [1.165, 1.54) is 24.0 Å². The smallest absolute Gasteiger partial charge is 0.261 e. The van der Waals surface area contributed by atoms with Gasteiger partial charge in [-0.25, -0.2) is 0 Å². The molecule has 1 aromatic rings. The molecule has 1 N–H and O–H groups in total. The third-order valence-corrected chi connectivity index (χ3v) is 5.01. The van der Waals surface area contributed by atoms with Crippen molar-refractivity contribution in [3.8, 4) is 5.75 Å². The number of hydrogen-bond acceptors (Lipinski definition) is 2. The van der Waals surface area contributed by atoms with E-state index in [0.29, 0.717) is 18.3 Å². The van der Waals surface area contributed by atoms with Gasteiger partial charge in [-0.1, -0.05) is 40.7 Å². The molecule has 0 fully saturated rings. The number of ether oxygens (including phenoxy) is 1. The van der Waals surface area contributed by atoms with Crippen LogP contribution in [-0.2, 0) is 17.6 Å². The molecule has 1 aliphatic carbocycles. The summed E-state index contributed by atoms with van der Waals surface area (Å²) < 4.78 is 6.04. The van der Waals surface area contributed by atoms with E-state index in [0.717, 1.165) is 18.6 Å². The summed E-state index contributed by atoms with van der Waals surface area (Å²) in [4.78, 5) is 12.7. The Kier molecular flexibility index (Phi) is 6.70. The van der Waals surface area contributed by atoms with E-state index in [-0.39, 0.29) is 11.9 Å². The summed E-state index contributed by atoms with van der Waals surface area (Å²) in [5.41, 5.74) is 2.82. The van der Waals surface area contributed by atoms with Crippen molar-refractivity contribution in [1.82, 2.24) is 5.32 Å². The van der Waals surface area contributed by atoms with Crippen molar-refractivity contribution >= 4 is 5.91 Å². The molecule has 1 atom stereocenters. The van der Waals surface area contributed by atoms with Gasteiger partial charge in [0.05, 0.1) is 0 Å². The lowest BCUT2D eigenvalue weighted by molar-refractivity contribution is -0.129. The first-order valence-electron chi connectivity index (χ1n) is 9.51. The number of rotatable bonds is 7. The third-order valence-electron chi connectivity index (χ3n) is 5.01. The molecule has 0 aromatic heterocycles. The van der Waals surface area contributed by atoms with Gasteiger partial charge in [-0.3, -0.25) is 4.79 Å². The molecular weight excluding hydrogens is 298 g/mol. The number of hydrogen-bond donors (Lipinski definition) is 1. The standard InChI is InChI=1S/C21H33NO2/c1-6-19(21(23)22-20(14(2)3)15(4)5)24-18-12-11-16-9-7-8-10-17(16)13-18/h11-15,19-20H,6-10H2,1-5H3,(H,22,23). The summed E-state index contributed by atoms with van der Waals surface area (Å²) >= 11 is 0. The summed E-state index contributed by atoms with van der Waals surface area (Å²) in [6, 6.07) is 6.49. The number of carbonyl (C=O) groups excluding carboxylic acids is 1. The number of fused-ring (bicyclic) bond motifs is 1. The molecule has 3 heteroatoms. The van der Waals surface area contributed by atoms with Crippen LogP contribution in [0.3, 0.4) is 0 Å². The average molecular weight is 332 g/mol. The summed E-state index contributed by atoms with van der Waals surface area (Å²) in [5.74, 6) is 1.65. The molecule has 1 aliphatic rings. The highest BCUT2D eigenvalue weighted by Gasteiger charge is 2.25. The van der Waals surface area contributed by atoms with Crippen LogP contribution in [0.5, 0.6) is 5.75 Å². The SMILES string of the molecule is CCC(Oc1ccc2c(c1)CCCC2)C(=O)NC(C(C)C)C(C)C. The van der Waals surface area contributed by atoms with Crippen molar-refractivity contribution in [3.63, 3.8) is 0 Å². The van der Waals surface area contributed by atoms with Crippen LogP contribution in [0.1, 0.15) is 65.0 Å². The first-order chi connectivity index (χ1) is 11.4. The minimum Gasteiger partial charge on any atom is -0.481 e. The first-order valence-corrected chi connectivity index (χ1v) is 9.51. The number of benzene rings is 1. The van der Waals surface area contributed by atoms with Crippen molar-refractivity contribution in [3.05, 3.63) is 29.3 Å². The van der Waals surface area contributed by atoms with Crippen LogP contribution in [0.2, 0.25) is 0 Å². The summed E-state index contributed by atoms with van der Waals surface area (Å²) in [6.07, 6.45) is 5.06. The van der Waals surface area contributed by atoms with Crippen LogP contribution in [0.15, 0.2) is 18.2 Å². The normalized spacial score (nSPS) is 15.5. The average Bonchev–Trinajstić information content (AvgIpc) is 2.56. The van der Waals surface area contributed by atoms with Gasteiger partial charge < -0.3 is 10.1 Å². The topological polar surface area (TPSA) is 38.3 Å². The molecule has 0 saturated carbocycles. The van der Waals surface area contributed by atoms with Gasteiger partial charge in [-0.15, -0.1) is 0 Å². The molecule has 0 radical (unpaired) electrons. The summed E-state index contributed by atoms with van der Waals surface area (Å²) in [7, 11) is 0. The maximum Gasteiger partial charge on any atom is 0.261 e. The van der Waals surface area contributed by atoms with Crippen molar-refractivity contribution in [2.45, 2.75) is 78.9 Å². The van der Waals surface area contributed by atoms with Crippen molar-refractivity contribution in [1.29, 1.82) is 0 Å². The van der Waals surface area contributed by atoms with Crippen LogP contribution in [0, 0.1) is 11.8 Å². The molecule has 24 heavy (non-hydrogen) atoms. The molecule has 134 valence electrons. The second-order valence-corrected chi connectivity index (χ2v) is 7.67. The van der Waals surface area contributed by atoms with Gasteiger partial charge in [-0.2, -0.15) is 0 Å². The van der Waals surface area contributed by atoms with Crippen molar-refractivity contribution in [2.24, 2.45) is 11.8 Å². The Hall–Kier alpha value is -1.51. The lowest BCUT2D eigenvalue weighted by Gasteiger charge is -2.28.